The van der Waals surface area contributed by atoms with Gasteiger partial charge in [-0.25, -0.2) is 14.6 Å². The van der Waals surface area contributed by atoms with Gasteiger partial charge < -0.3 is 9.47 Å². The quantitative estimate of drug-likeness (QED) is 0.152. The van der Waals surface area contributed by atoms with E-state index in [0.717, 1.165) is 8.04 Å². The molecule has 0 atom stereocenters. The van der Waals surface area contributed by atoms with E-state index in [1.54, 1.807) is 54.6 Å². The molecule has 5 nitrogen and oxygen atoms in total. The highest BCUT2D eigenvalue weighted by atomic mass is 127. The van der Waals surface area contributed by atoms with Crippen molar-refractivity contribution in [3.05, 3.63) is 102 Å². The van der Waals surface area contributed by atoms with Gasteiger partial charge in [0.05, 0.1) is 5.56 Å². The average Bonchev–Trinajstić information content (AvgIpc) is 3.12. The molecule has 1 aliphatic heterocycles. The molecule has 0 spiro atoms. The number of hydrogen-bond donors (Lipinski definition) is 0. The summed E-state index contributed by atoms with van der Waals surface area (Å²) in [6.07, 6.45) is 1.61. The Kier molecular flexibility index (Phi) is 6.54. The van der Waals surface area contributed by atoms with Gasteiger partial charge in [0.1, 0.15) is 5.75 Å². The summed E-state index contributed by atoms with van der Waals surface area (Å²) in [5, 5.41) is 0.542. The van der Waals surface area contributed by atoms with E-state index in [-0.39, 0.29) is 11.6 Å². The molecule has 8 heteroatoms. The molecule has 0 aliphatic carbocycles. The Morgan fingerprint density at radius 2 is 1.77 bits per heavy atom. The fourth-order valence-electron chi connectivity index (χ4n) is 2.70. The Morgan fingerprint density at radius 1 is 1.06 bits per heavy atom. The third-order valence-corrected chi connectivity index (χ3v) is 6.85. The smallest absolute Gasteiger partial charge is 0.363 e. The summed E-state index contributed by atoms with van der Waals surface area (Å²) < 4.78 is 12.6. The molecule has 0 N–H and O–H groups in total. The number of nitrogens with zero attached hydrogens (tertiary/aromatic N) is 1. The van der Waals surface area contributed by atoms with Crippen molar-refractivity contribution < 1.29 is 19.1 Å². The van der Waals surface area contributed by atoms with Gasteiger partial charge in [0.25, 0.3) is 0 Å². The number of cyclic esters (lactones) is 1. The second-order valence-corrected chi connectivity index (χ2v) is 8.88. The van der Waals surface area contributed by atoms with Crippen molar-refractivity contribution in [1.82, 2.24) is 0 Å². The zero-order valence-electron chi connectivity index (χ0n) is 15.6. The van der Waals surface area contributed by atoms with Gasteiger partial charge in [-0.1, -0.05) is 23.7 Å². The van der Waals surface area contributed by atoms with Crippen molar-refractivity contribution in [3.63, 3.8) is 0 Å². The summed E-state index contributed by atoms with van der Waals surface area (Å²) in [5.41, 5.74) is 2.00. The van der Waals surface area contributed by atoms with Gasteiger partial charge >= 0.3 is 11.9 Å². The molecule has 0 radical (unpaired) electrons. The number of halogens is 3. The van der Waals surface area contributed by atoms with Crippen LogP contribution >= 0.6 is 50.1 Å². The van der Waals surface area contributed by atoms with Crippen molar-refractivity contribution >= 4 is 74.0 Å². The summed E-state index contributed by atoms with van der Waals surface area (Å²) in [6.45, 7) is 0. The number of ether oxygens (including phenoxy) is 2. The molecule has 1 heterocycles. The maximum atomic E-state index is 12.2. The van der Waals surface area contributed by atoms with E-state index < -0.39 is 11.9 Å². The Hall–Kier alpha value is -2.49. The Morgan fingerprint density at radius 3 is 2.45 bits per heavy atom. The van der Waals surface area contributed by atoms with Crippen LogP contribution < -0.4 is 4.74 Å². The van der Waals surface area contributed by atoms with Crippen molar-refractivity contribution in [3.8, 4) is 5.75 Å². The molecule has 0 amide bonds. The van der Waals surface area contributed by atoms with E-state index in [2.05, 4.69) is 43.5 Å². The summed E-state index contributed by atoms with van der Waals surface area (Å²) in [7, 11) is 0. The van der Waals surface area contributed by atoms with Gasteiger partial charge in [0, 0.05) is 18.6 Å². The first-order valence-corrected chi connectivity index (χ1v) is 11.2. The molecule has 3 aromatic rings. The van der Waals surface area contributed by atoms with Crippen LogP contribution in [0.1, 0.15) is 21.5 Å². The van der Waals surface area contributed by atoms with E-state index >= 15 is 0 Å². The number of esters is 2. The number of carbonyl (C=O) groups excluding carboxylic acids is 2. The van der Waals surface area contributed by atoms with Gasteiger partial charge in [-0.15, -0.1) is 0 Å². The Balaban J connectivity index is 1.49. The molecule has 0 saturated heterocycles. The molecule has 3 aromatic carbocycles. The molecule has 0 bridgehead atoms. The van der Waals surface area contributed by atoms with Gasteiger partial charge in [-0.3, -0.25) is 0 Å². The average molecular weight is 609 g/mol. The number of aliphatic imine (C=N–C) groups is 1. The molecular formula is C23H12BrClINO4. The predicted octanol–water partition coefficient (Wildman–Crippen LogP) is 6.27. The Labute approximate surface area is 205 Å². The molecule has 31 heavy (non-hydrogen) atoms. The minimum Gasteiger partial charge on any atom is -0.423 e. The number of hydrogen-bond acceptors (Lipinski definition) is 5. The molecule has 154 valence electrons. The van der Waals surface area contributed by atoms with E-state index in [9.17, 15) is 9.59 Å². The second-order valence-electron chi connectivity index (χ2n) is 6.43. The van der Waals surface area contributed by atoms with Crippen LogP contribution in [0.2, 0.25) is 5.02 Å². The van der Waals surface area contributed by atoms with Crippen LogP contribution in [0.15, 0.2) is 81.9 Å². The van der Waals surface area contributed by atoms with Crippen molar-refractivity contribution in [2.75, 3.05) is 0 Å². The lowest BCUT2D eigenvalue weighted by Crippen LogP contribution is -2.08. The van der Waals surface area contributed by atoms with Crippen molar-refractivity contribution in [1.29, 1.82) is 0 Å². The SMILES string of the molecule is O=C1OC(c2ccc(I)c(Br)c2)=N/C1=C\c1ccc(OC(=O)c2ccc(Cl)cc2)cc1. The van der Waals surface area contributed by atoms with Crippen LogP contribution in [0.4, 0.5) is 0 Å². The normalized spacial score (nSPS) is 14.4. The molecular weight excluding hydrogens is 597 g/mol. The van der Waals surface area contributed by atoms with Gasteiger partial charge in [-0.05, 0) is 105 Å². The first-order chi connectivity index (χ1) is 14.9. The fraction of sp³-hybridized carbons (Fsp3) is 0. The van der Waals surface area contributed by atoms with E-state index in [1.165, 1.54) is 0 Å². The second kappa shape index (κ2) is 9.33. The van der Waals surface area contributed by atoms with E-state index in [4.69, 9.17) is 21.1 Å². The minimum absolute atomic E-state index is 0.190. The van der Waals surface area contributed by atoms with Crippen molar-refractivity contribution in [2.45, 2.75) is 0 Å². The molecule has 0 saturated carbocycles. The van der Waals surface area contributed by atoms with Gasteiger partial charge in [0.15, 0.2) is 5.70 Å². The van der Waals surface area contributed by atoms with E-state index in [1.807, 2.05) is 18.2 Å². The van der Waals surface area contributed by atoms with Crippen LogP contribution in [0.5, 0.6) is 5.75 Å². The number of rotatable bonds is 4. The number of benzene rings is 3. The topological polar surface area (TPSA) is 65.0 Å². The monoisotopic (exact) mass is 607 g/mol. The summed E-state index contributed by atoms with van der Waals surface area (Å²) in [4.78, 5) is 28.7. The summed E-state index contributed by atoms with van der Waals surface area (Å²) in [6, 6.07) is 18.7. The van der Waals surface area contributed by atoms with Crippen LogP contribution in [0.25, 0.3) is 6.08 Å². The first-order valence-electron chi connectivity index (χ1n) is 8.95. The highest BCUT2D eigenvalue weighted by Crippen LogP contribution is 2.25. The lowest BCUT2D eigenvalue weighted by Gasteiger charge is -2.05. The highest BCUT2D eigenvalue weighted by molar-refractivity contribution is 14.1. The molecule has 0 fully saturated rings. The van der Waals surface area contributed by atoms with Crippen LogP contribution in [-0.2, 0) is 9.53 Å². The standard InChI is InChI=1S/C23H12BrClINO4/c24-18-12-15(5-10-19(18)26)21-27-20(23(29)31-21)11-13-1-8-17(9-2-13)30-22(28)14-3-6-16(25)7-4-14/h1-12H/b20-11-. The largest absolute Gasteiger partial charge is 0.423 e. The lowest BCUT2D eigenvalue weighted by atomic mass is 10.2. The molecule has 4 rings (SSSR count). The van der Waals surface area contributed by atoms with Crippen LogP contribution in [-0.4, -0.2) is 17.8 Å². The fourth-order valence-corrected chi connectivity index (χ4v) is 3.54. The van der Waals surface area contributed by atoms with Gasteiger partial charge in [0.2, 0.25) is 5.90 Å². The zero-order chi connectivity index (χ0) is 22.0. The highest BCUT2D eigenvalue weighted by Gasteiger charge is 2.24. The minimum atomic E-state index is -0.525. The first kappa shape index (κ1) is 21.7. The van der Waals surface area contributed by atoms with E-state index in [0.29, 0.717) is 27.5 Å². The maximum absolute atomic E-state index is 12.2. The molecule has 0 aromatic heterocycles. The van der Waals surface area contributed by atoms with Crippen LogP contribution in [0, 0.1) is 3.57 Å². The lowest BCUT2D eigenvalue weighted by molar-refractivity contribution is -0.129. The van der Waals surface area contributed by atoms with Crippen LogP contribution in [0.3, 0.4) is 0 Å². The van der Waals surface area contributed by atoms with Gasteiger partial charge in [-0.2, -0.15) is 0 Å². The third kappa shape index (κ3) is 5.23. The predicted molar refractivity (Wildman–Crippen MR) is 130 cm³/mol. The molecule has 1 aliphatic rings. The molecule has 0 unspecified atom stereocenters. The Bertz CT molecular complexity index is 1240. The number of carbonyl (C=O) groups is 2. The van der Waals surface area contributed by atoms with Crippen molar-refractivity contribution in [2.24, 2.45) is 4.99 Å². The summed E-state index contributed by atoms with van der Waals surface area (Å²) in [5.74, 6) is -0.381. The maximum Gasteiger partial charge on any atom is 0.363 e. The summed E-state index contributed by atoms with van der Waals surface area (Å²) >= 11 is 11.5. The zero-order valence-corrected chi connectivity index (χ0v) is 20.1. The third-order valence-electron chi connectivity index (χ3n) is 4.26.